The zero-order valence-electron chi connectivity index (χ0n) is 15.1. The second kappa shape index (κ2) is 7.37. The van der Waals surface area contributed by atoms with Crippen molar-refractivity contribution in [1.29, 1.82) is 0 Å². The van der Waals surface area contributed by atoms with Crippen molar-refractivity contribution in [2.24, 2.45) is 5.92 Å². The average Bonchev–Trinajstić information content (AvgIpc) is 2.93. The van der Waals surface area contributed by atoms with Crippen LogP contribution < -0.4 is 5.32 Å². The van der Waals surface area contributed by atoms with Gasteiger partial charge in [-0.2, -0.15) is 0 Å². The van der Waals surface area contributed by atoms with Crippen LogP contribution in [0.2, 0.25) is 0 Å². The summed E-state index contributed by atoms with van der Waals surface area (Å²) in [6.45, 7) is 0. The molecule has 1 aromatic carbocycles. The van der Waals surface area contributed by atoms with Gasteiger partial charge in [0.05, 0.1) is 0 Å². The molecule has 3 atom stereocenters. The lowest BCUT2D eigenvalue weighted by Crippen LogP contribution is -2.54. The molecule has 0 radical (unpaired) electrons. The molecule has 3 fully saturated rings. The molecular weight excluding hydrogens is 331 g/mol. The van der Waals surface area contributed by atoms with Crippen LogP contribution in [-0.4, -0.2) is 34.8 Å². The van der Waals surface area contributed by atoms with E-state index in [9.17, 15) is 14.0 Å². The van der Waals surface area contributed by atoms with Crippen LogP contribution in [0.25, 0.3) is 0 Å². The second-order valence-corrected chi connectivity index (χ2v) is 8.11. The topological polar surface area (TPSA) is 49.4 Å². The van der Waals surface area contributed by atoms with Crippen molar-refractivity contribution in [1.82, 2.24) is 10.2 Å². The van der Waals surface area contributed by atoms with E-state index in [4.69, 9.17) is 0 Å². The maximum absolute atomic E-state index is 13.0. The molecule has 2 bridgehead atoms. The molecule has 2 amide bonds. The summed E-state index contributed by atoms with van der Waals surface area (Å²) in [6.07, 6.45) is 9.46. The highest BCUT2D eigenvalue weighted by atomic mass is 19.1. The van der Waals surface area contributed by atoms with Crippen molar-refractivity contribution >= 4 is 11.8 Å². The van der Waals surface area contributed by atoms with Crippen LogP contribution in [0.4, 0.5) is 4.39 Å². The molecular formula is C21H27FN2O2. The van der Waals surface area contributed by atoms with Crippen molar-refractivity contribution in [3.8, 4) is 0 Å². The molecule has 4 rings (SSSR count). The van der Waals surface area contributed by atoms with E-state index < -0.39 is 0 Å². The maximum Gasteiger partial charge on any atom is 0.251 e. The van der Waals surface area contributed by atoms with E-state index in [0.29, 0.717) is 11.5 Å². The van der Waals surface area contributed by atoms with Crippen LogP contribution >= 0.6 is 0 Å². The van der Waals surface area contributed by atoms with Gasteiger partial charge in [0.15, 0.2) is 0 Å². The summed E-state index contributed by atoms with van der Waals surface area (Å²) in [6, 6.07) is 6.28. The van der Waals surface area contributed by atoms with Crippen LogP contribution in [0.3, 0.4) is 0 Å². The first-order chi connectivity index (χ1) is 12.6. The Kier molecular flexibility index (Phi) is 4.96. The van der Waals surface area contributed by atoms with Crippen molar-refractivity contribution in [2.75, 3.05) is 0 Å². The first-order valence-corrected chi connectivity index (χ1v) is 10.0. The first-order valence-electron chi connectivity index (χ1n) is 10.0. The number of nitrogens with one attached hydrogen (secondary N) is 1. The monoisotopic (exact) mass is 358 g/mol. The largest absolute Gasteiger partial charge is 0.349 e. The number of carbonyl (C=O) groups is 2. The standard InChI is InChI=1S/C21H27FN2O2/c22-16-8-6-14(7-9-16)20(25)23-17-12-18-10-11-19(13-17)24(18)21(26)15-4-2-1-3-5-15/h6-9,15,17-19H,1-5,10-13H2,(H,23,25)/t17?,18-,19+. The van der Waals surface area contributed by atoms with Gasteiger partial charge in [0, 0.05) is 29.6 Å². The molecule has 1 N–H and O–H groups in total. The Bertz CT molecular complexity index is 655. The van der Waals surface area contributed by atoms with Crippen LogP contribution in [0.1, 0.15) is 68.1 Å². The minimum Gasteiger partial charge on any atom is -0.349 e. The Balaban J connectivity index is 1.37. The molecule has 4 nitrogen and oxygen atoms in total. The fourth-order valence-corrected chi connectivity index (χ4v) is 5.09. The van der Waals surface area contributed by atoms with Crippen molar-refractivity contribution < 1.29 is 14.0 Å². The third-order valence-electron chi connectivity index (χ3n) is 6.38. The van der Waals surface area contributed by atoms with Gasteiger partial charge in [-0.1, -0.05) is 19.3 Å². The summed E-state index contributed by atoms with van der Waals surface area (Å²) in [4.78, 5) is 27.6. The lowest BCUT2D eigenvalue weighted by atomic mass is 9.86. The smallest absolute Gasteiger partial charge is 0.251 e. The Labute approximate surface area is 154 Å². The lowest BCUT2D eigenvalue weighted by Gasteiger charge is -2.41. The Morgan fingerprint density at radius 1 is 0.923 bits per heavy atom. The van der Waals surface area contributed by atoms with E-state index in [1.54, 1.807) is 0 Å². The molecule has 3 aliphatic rings. The van der Waals surface area contributed by atoms with Crippen molar-refractivity contribution in [3.05, 3.63) is 35.6 Å². The van der Waals surface area contributed by atoms with E-state index >= 15 is 0 Å². The van der Waals surface area contributed by atoms with Crippen LogP contribution in [0.15, 0.2) is 24.3 Å². The molecule has 26 heavy (non-hydrogen) atoms. The summed E-state index contributed by atoms with van der Waals surface area (Å²) < 4.78 is 13.0. The van der Waals surface area contributed by atoms with E-state index in [1.807, 2.05) is 0 Å². The number of fused-ring (bicyclic) bond motifs is 2. The van der Waals surface area contributed by atoms with Gasteiger partial charge in [-0.3, -0.25) is 9.59 Å². The molecule has 0 aromatic heterocycles. The van der Waals surface area contributed by atoms with Gasteiger partial charge in [0.2, 0.25) is 5.91 Å². The van der Waals surface area contributed by atoms with Crippen molar-refractivity contribution in [2.45, 2.75) is 75.9 Å². The zero-order chi connectivity index (χ0) is 18.1. The molecule has 2 heterocycles. The van der Waals surface area contributed by atoms with E-state index in [1.165, 1.54) is 43.5 Å². The molecule has 1 unspecified atom stereocenters. The van der Waals surface area contributed by atoms with Crippen LogP contribution in [0, 0.1) is 11.7 Å². The SMILES string of the molecule is O=C(NC1C[C@H]2CC[C@@H](C1)N2C(=O)C1CCCCC1)c1ccc(F)cc1. The number of carbonyl (C=O) groups excluding carboxylic acids is 2. The summed E-state index contributed by atoms with van der Waals surface area (Å²) in [5, 5.41) is 3.10. The predicted molar refractivity (Wildman–Crippen MR) is 97.1 cm³/mol. The third-order valence-corrected chi connectivity index (χ3v) is 6.38. The van der Waals surface area contributed by atoms with Gasteiger partial charge < -0.3 is 10.2 Å². The summed E-state index contributed by atoms with van der Waals surface area (Å²) in [7, 11) is 0. The molecule has 1 aliphatic carbocycles. The normalized spacial score (nSPS) is 28.8. The van der Waals surface area contributed by atoms with Gasteiger partial charge in [-0.15, -0.1) is 0 Å². The van der Waals surface area contributed by atoms with Gasteiger partial charge in [0.25, 0.3) is 5.91 Å². The summed E-state index contributed by atoms with van der Waals surface area (Å²) in [5.74, 6) is 0.0910. The number of hydrogen-bond donors (Lipinski definition) is 1. The third kappa shape index (κ3) is 3.49. The Morgan fingerprint density at radius 3 is 2.15 bits per heavy atom. The number of halogens is 1. The van der Waals surface area contributed by atoms with E-state index in [-0.39, 0.29) is 35.8 Å². The van der Waals surface area contributed by atoms with Gasteiger partial charge >= 0.3 is 0 Å². The Hall–Kier alpha value is -1.91. The highest BCUT2D eigenvalue weighted by molar-refractivity contribution is 5.94. The fraction of sp³-hybridized carbons (Fsp3) is 0.619. The molecule has 1 saturated carbocycles. The van der Waals surface area contributed by atoms with Crippen molar-refractivity contribution in [3.63, 3.8) is 0 Å². The zero-order valence-corrected chi connectivity index (χ0v) is 15.1. The molecule has 2 saturated heterocycles. The predicted octanol–water partition coefficient (Wildman–Crippen LogP) is 3.66. The molecule has 140 valence electrons. The first kappa shape index (κ1) is 17.5. The molecule has 2 aliphatic heterocycles. The number of rotatable bonds is 3. The highest BCUT2D eigenvalue weighted by Crippen LogP contribution is 2.38. The number of nitrogens with zero attached hydrogens (tertiary/aromatic N) is 1. The molecule has 5 heteroatoms. The Morgan fingerprint density at radius 2 is 1.54 bits per heavy atom. The van der Waals surface area contributed by atoms with Gasteiger partial charge in [-0.25, -0.2) is 4.39 Å². The molecule has 1 aromatic rings. The summed E-state index contributed by atoms with van der Waals surface area (Å²) in [5.41, 5.74) is 0.486. The van der Waals surface area contributed by atoms with Crippen LogP contribution in [0.5, 0.6) is 0 Å². The number of benzene rings is 1. The number of amides is 2. The number of piperidine rings is 1. The minimum atomic E-state index is -0.339. The lowest BCUT2D eigenvalue weighted by molar-refractivity contribution is -0.141. The fourth-order valence-electron chi connectivity index (χ4n) is 5.09. The van der Waals surface area contributed by atoms with Gasteiger partial charge in [-0.05, 0) is 62.8 Å². The second-order valence-electron chi connectivity index (χ2n) is 8.11. The molecule has 0 spiro atoms. The number of hydrogen-bond acceptors (Lipinski definition) is 2. The average molecular weight is 358 g/mol. The van der Waals surface area contributed by atoms with E-state index in [2.05, 4.69) is 10.2 Å². The van der Waals surface area contributed by atoms with Gasteiger partial charge in [0.1, 0.15) is 5.82 Å². The van der Waals surface area contributed by atoms with Crippen LogP contribution in [-0.2, 0) is 4.79 Å². The minimum absolute atomic E-state index is 0.0976. The summed E-state index contributed by atoms with van der Waals surface area (Å²) >= 11 is 0. The highest BCUT2D eigenvalue weighted by Gasteiger charge is 2.45. The quantitative estimate of drug-likeness (QED) is 0.896. The maximum atomic E-state index is 13.0. The van der Waals surface area contributed by atoms with E-state index in [0.717, 1.165) is 38.5 Å².